The highest BCUT2D eigenvalue weighted by Crippen LogP contribution is 2.23. The minimum atomic E-state index is -2.94. The molecule has 0 aliphatic rings. The third-order valence-corrected chi connectivity index (χ3v) is 1.83. The maximum absolute atomic E-state index is 14.0. The average Bonchev–Trinajstić information content (AvgIpc) is 2.26. The molecule has 0 saturated heterocycles. The van der Waals surface area contributed by atoms with Crippen molar-refractivity contribution >= 4 is 11.9 Å². The van der Waals surface area contributed by atoms with Gasteiger partial charge in [-0.25, -0.2) is 14.0 Å². The molecule has 16 heavy (non-hydrogen) atoms. The Morgan fingerprint density at radius 1 is 1.25 bits per heavy atom. The number of terminal acetylenes is 2. The van der Waals surface area contributed by atoms with Gasteiger partial charge in [-0.3, -0.25) is 0 Å². The summed E-state index contributed by atoms with van der Waals surface area (Å²) < 4.78 is 22.0. The van der Waals surface area contributed by atoms with Crippen molar-refractivity contribution in [3.8, 4) is 25.1 Å². The van der Waals surface area contributed by atoms with Crippen LogP contribution < -0.4 is 0 Å². The van der Waals surface area contributed by atoms with Crippen molar-refractivity contribution in [2.75, 3.05) is 0 Å². The van der Waals surface area contributed by atoms with E-state index < -0.39 is 17.6 Å². The molecular formula is C11H11FO4. The van der Waals surface area contributed by atoms with E-state index in [1.807, 2.05) is 0 Å². The maximum atomic E-state index is 14.0. The van der Waals surface area contributed by atoms with E-state index in [2.05, 4.69) is 22.3 Å². The van der Waals surface area contributed by atoms with E-state index in [4.69, 9.17) is 0 Å². The quantitative estimate of drug-likeness (QED) is 0.401. The minimum Gasteiger partial charge on any atom is -0.370 e. The number of ether oxygens (including phenoxy) is 2. The van der Waals surface area contributed by atoms with Crippen LogP contribution in [0.25, 0.3) is 0 Å². The molecule has 0 unspecified atom stereocenters. The van der Waals surface area contributed by atoms with Gasteiger partial charge in [-0.1, -0.05) is 26.2 Å². The molecule has 0 bridgehead atoms. The average molecular weight is 226 g/mol. The van der Waals surface area contributed by atoms with Gasteiger partial charge in [0.05, 0.1) is 0 Å². The first-order valence-corrected chi connectivity index (χ1v) is 4.55. The summed E-state index contributed by atoms with van der Waals surface area (Å²) in [4.78, 5) is 22.4. The molecule has 0 heterocycles. The fourth-order valence-corrected chi connectivity index (χ4v) is 0.977. The molecular weight excluding hydrogens is 215 g/mol. The Kier molecular flexibility index (Phi) is 5.66. The molecule has 0 aromatic heterocycles. The fraction of sp³-hybridized carbons (Fsp3) is 0.455. The molecule has 4 nitrogen and oxygen atoms in total. The van der Waals surface area contributed by atoms with Crippen LogP contribution in [0.4, 0.5) is 4.39 Å². The Balaban J connectivity index is 4.89. The van der Waals surface area contributed by atoms with Gasteiger partial charge in [0.2, 0.25) is 0 Å². The SMILES string of the molecule is C#COC(=O)C(F)(CCCC)C(=O)OC#C. The van der Waals surface area contributed by atoms with Gasteiger partial charge in [-0.2, -0.15) is 0 Å². The van der Waals surface area contributed by atoms with Crippen molar-refractivity contribution in [3.63, 3.8) is 0 Å². The van der Waals surface area contributed by atoms with Gasteiger partial charge < -0.3 is 9.47 Å². The summed E-state index contributed by atoms with van der Waals surface area (Å²) >= 11 is 0. The van der Waals surface area contributed by atoms with Gasteiger partial charge in [0.25, 0.3) is 0 Å². The summed E-state index contributed by atoms with van der Waals surface area (Å²) in [5, 5.41) is 0. The Labute approximate surface area is 93.1 Å². The lowest BCUT2D eigenvalue weighted by Crippen LogP contribution is -2.43. The fourth-order valence-electron chi connectivity index (χ4n) is 0.977. The molecule has 0 rings (SSSR count). The summed E-state index contributed by atoms with van der Waals surface area (Å²) in [5.74, 6) is -2.97. The van der Waals surface area contributed by atoms with E-state index in [1.165, 1.54) is 12.2 Å². The van der Waals surface area contributed by atoms with Gasteiger partial charge in [-0.05, 0) is 6.42 Å². The molecule has 0 aromatic carbocycles. The van der Waals surface area contributed by atoms with E-state index in [0.717, 1.165) is 0 Å². The lowest BCUT2D eigenvalue weighted by Gasteiger charge is -2.17. The number of rotatable bonds is 5. The topological polar surface area (TPSA) is 52.6 Å². The van der Waals surface area contributed by atoms with Crippen molar-refractivity contribution in [2.45, 2.75) is 31.9 Å². The third-order valence-electron chi connectivity index (χ3n) is 1.83. The monoisotopic (exact) mass is 226 g/mol. The van der Waals surface area contributed by atoms with Crippen LogP contribution in [-0.2, 0) is 19.1 Å². The highest BCUT2D eigenvalue weighted by atomic mass is 19.1. The second kappa shape index (κ2) is 6.47. The van der Waals surface area contributed by atoms with Gasteiger partial charge >= 0.3 is 17.6 Å². The largest absolute Gasteiger partial charge is 0.370 e. The number of carbonyl (C=O) groups is 2. The Morgan fingerprint density at radius 3 is 2.00 bits per heavy atom. The summed E-state index contributed by atoms with van der Waals surface area (Å²) in [6, 6.07) is 0. The van der Waals surface area contributed by atoms with Crippen LogP contribution in [0.15, 0.2) is 0 Å². The number of carbonyl (C=O) groups excluding carboxylic acids is 2. The summed E-state index contributed by atoms with van der Waals surface area (Å²) in [6.45, 7) is 1.76. The zero-order valence-corrected chi connectivity index (χ0v) is 8.79. The molecule has 0 aliphatic carbocycles. The smallest absolute Gasteiger partial charge is 0.369 e. The number of esters is 2. The number of hydrogen-bond donors (Lipinski definition) is 0. The summed E-state index contributed by atoms with van der Waals surface area (Å²) in [5.41, 5.74) is -2.94. The molecule has 0 N–H and O–H groups in total. The Hall–Kier alpha value is -2.01. The van der Waals surface area contributed by atoms with Crippen molar-refractivity contribution in [3.05, 3.63) is 0 Å². The third kappa shape index (κ3) is 3.29. The predicted octanol–water partition coefficient (Wildman–Crippen LogP) is 1.15. The first-order chi connectivity index (χ1) is 7.52. The lowest BCUT2D eigenvalue weighted by atomic mass is 9.99. The number of hydrogen-bond acceptors (Lipinski definition) is 4. The molecule has 86 valence electrons. The van der Waals surface area contributed by atoms with Crippen LogP contribution in [0.1, 0.15) is 26.2 Å². The zero-order chi connectivity index (χ0) is 12.6. The molecule has 0 radical (unpaired) electrons. The van der Waals surface area contributed by atoms with Crippen molar-refractivity contribution in [1.29, 1.82) is 0 Å². The summed E-state index contributed by atoms with van der Waals surface area (Å²) in [6.07, 6.45) is 12.8. The molecule has 0 aliphatic heterocycles. The van der Waals surface area contributed by atoms with E-state index in [0.29, 0.717) is 6.42 Å². The Bertz CT molecular complexity index is 320. The predicted molar refractivity (Wildman–Crippen MR) is 53.2 cm³/mol. The van der Waals surface area contributed by atoms with Gasteiger partial charge in [0.15, 0.2) is 0 Å². The number of unbranched alkanes of at least 4 members (excludes halogenated alkanes) is 1. The second-order valence-electron chi connectivity index (χ2n) is 2.92. The normalized spacial score (nSPS) is 9.75. The Morgan fingerprint density at radius 2 is 1.69 bits per heavy atom. The lowest BCUT2D eigenvalue weighted by molar-refractivity contribution is -0.167. The standard InChI is InChI=1S/C11H11FO4/c1-4-7-8-11(12,9(13)15-5-2)10(14)16-6-3/h2-3H,4,7-8H2,1H3. The molecule has 0 saturated carbocycles. The maximum Gasteiger partial charge on any atom is 0.369 e. The van der Waals surface area contributed by atoms with Crippen LogP contribution in [0, 0.1) is 25.1 Å². The van der Waals surface area contributed by atoms with Crippen molar-refractivity contribution in [1.82, 2.24) is 0 Å². The highest BCUT2D eigenvalue weighted by molar-refractivity contribution is 6.04. The minimum absolute atomic E-state index is 0.288. The van der Waals surface area contributed by atoms with Gasteiger partial charge in [0, 0.05) is 6.42 Å². The van der Waals surface area contributed by atoms with Crippen LogP contribution in [0.5, 0.6) is 0 Å². The van der Waals surface area contributed by atoms with E-state index in [-0.39, 0.29) is 12.8 Å². The van der Waals surface area contributed by atoms with E-state index in [1.54, 1.807) is 6.92 Å². The van der Waals surface area contributed by atoms with Crippen molar-refractivity contribution < 1.29 is 23.5 Å². The van der Waals surface area contributed by atoms with Crippen LogP contribution in [0.3, 0.4) is 0 Å². The molecule has 0 amide bonds. The second-order valence-corrected chi connectivity index (χ2v) is 2.92. The van der Waals surface area contributed by atoms with E-state index >= 15 is 0 Å². The highest BCUT2D eigenvalue weighted by Gasteiger charge is 2.49. The number of alkyl halides is 1. The molecule has 0 spiro atoms. The molecule has 0 fully saturated rings. The first kappa shape index (κ1) is 14.0. The first-order valence-electron chi connectivity index (χ1n) is 4.55. The summed E-state index contributed by atoms with van der Waals surface area (Å²) in [7, 11) is 0. The number of halogens is 1. The van der Waals surface area contributed by atoms with Crippen LogP contribution in [0.2, 0.25) is 0 Å². The van der Waals surface area contributed by atoms with Crippen molar-refractivity contribution in [2.24, 2.45) is 0 Å². The van der Waals surface area contributed by atoms with Gasteiger partial charge in [0.1, 0.15) is 12.2 Å². The van der Waals surface area contributed by atoms with E-state index in [9.17, 15) is 14.0 Å². The van der Waals surface area contributed by atoms with Crippen LogP contribution >= 0.6 is 0 Å². The van der Waals surface area contributed by atoms with Crippen LogP contribution in [-0.4, -0.2) is 17.6 Å². The van der Waals surface area contributed by atoms with Gasteiger partial charge in [-0.15, -0.1) is 0 Å². The zero-order valence-electron chi connectivity index (χ0n) is 8.79. The molecule has 0 atom stereocenters. The molecule has 0 aromatic rings. The molecule has 5 heteroatoms.